The molecule has 0 aromatic carbocycles. The van der Waals surface area contributed by atoms with Crippen LogP contribution in [0.3, 0.4) is 0 Å². The summed E-state index contributed by atoms with van der Waals surface area (Å²) in [7, 11) is 0. The Hall–Kier alpha value is -0.530. The molecule has 2 rings (SSSR count). The van der Waals surface area contributed by atoms with Crippen molar-refractivity contribution in [1.82, 2.24) is 15.5 Å². The first-order valence-corrected chi connectivity index (χ1v) is 8.12. The van der Waals surface area contributed by atoms with E-state index in [1.165, 1.54) is 25.7 Å². The van der Waals surface area contributed by atoms with Crippen molar-refractivity contribution in [3.05, 3.63) is 0 Å². The molecule has 1 amide bonds. The van der Waals surface area contributed by atoms with Crippen LogP contribution in [0, 0.1) is 0 Å². The minimum Gasteiger partial charge on any atom is -0.357 e. The molecule has 21 heavy (non-hydrogen) atoms. The van der Waals surface area contributed by atoms with Gasteiger partial charge in [0.1, 0.15) is 0 Å². The average Bonchev–Trinajstić information content (AvgIpc) is 3.12. The summed E-state index contributed by atoms with van der Waals surface area (Å²) in [5.41, 5.74) is 0. The highest BCUT2D eigenvalue weighted by Crippen LogP contribution is 2.17. The predicted molar refractivity (Wildman–Crippen MR) is 97.2 cm³/mol. The van der Waals surface area contributed by atoms with E-state index >= 15 is 0 Å². The third kappa shape index (κ3) is 6.40. The van der Waals surface area contributed by atoms with Crippen molar-refractivity contribution in [3.8, 4) is 0 Å². The Balaban J connectivity index is 0.00000220. The smallest absolute Gasteiger partial charge is 0.224 e. The lowest BCUT2D eigenvalue weighted by Gasteiger charge is -2.17. The van der Waals surface area contributed by atoms with Gasteiger partial charge in [0, 0.05) is 32.1 Å². The van der Waals surface area contributed by atoms with Gasteiger partial charge in [-0.05, 0) is 32.6 Å². The molecule has 0 radical (unpaired) electrons. The molecular formula is C15H29IN4O. The van der Waals surface area contributed by atoms with E-state index < -0.39 is 0 Å². The SMILES string of the molecule is CCNC(=NCCC(=O)N1CCCC1)NC1CCCC1.I. The van der Waals surface area contributed by atoms with Crippen molar-refractivity contribution in [1.29, 1.82) is 0 Å². The zero-order valence-electron chi connectivity index (χ0n) is 13.1. The Morgan fingerprint density at radius 2 is 1.86 bits per heavy atom. The van der Waals surface area contributed by atoms with Gasteiger partial charge in [0.25, 0.3) is 0 Å². The average molecular weight is 408 g/mol. The molecule has 1 aliphatic carbocycles. The Bertz CT molecular complexity index is 337. The van der Waals surface area contributed by atoms with Gasteiger partial charge >= 0.3 is 0 Å². The summed E-state index contributed by atoms with van der Waals surface area (Å²) in [6, 6.07) is 0.557. The van der Waals surface area contributed by atoms with Gasteiger partial charge in [-0.25, -0.2) is 0 Å². The number of guanidine groups is 1. The summed E-state index contributed by atoms with van der Waals surface area (Å²) in [6.07, 6.45) is 7.92. The monoisotopic (exact) mass is 408 g/mol. The summed E-state index contributed by atoms with van der Waals surface area (Å²) in [4.78, 5) is 18.4. The van der Waals surface area contributed by atoms with Crippen molar-refractivity contribution < 1.29 is 4.79 Å². The summed E-state index contributed by atoms with van der Waals surface area (Å²) >= 11 is 0. The Labute approximate surface area is 145 Å². The van der Waals surface area contributed by atoms with Crippen LogP contribution in [-0.4, -0.2) is 49.0 Å². The number of nitrogens with one attached hydrogen (secondary N) is 2. The number of nitrogens with zero attached hydrogens (tertiary/aromatic N) is 2. The molecule has 1 saturated heterocycles. The van der Waals surface area contributed by atoms with Gasteiger partial charge in [0.05, 0.1) is 6.54 Å². The van der Waals surface area contributed by atoms with Gasteiger partial charge in [-0.15, -0.1) is 24.0 Å². The number of carbonyl (C=O) groups excluding carboxylic acids is 1. The lowest BCUT2D eigenvalue weighted by atomic mass is 10.2. The fourth-order valence-corrected chi connectivity index (χ4v) is 2.97. The van der Waals surface area contributed by atoms with Crippen LogP contribution in [0.4, 0.5) is 0 Å². The maximum atomic E-state index is 11.9. The molecule has 2 N–H and O–H groups in total. The van der Waals surface area contributed by atoms with E-state index in [-0.39, 0.29) is 29.9 Å². The van der Waals surface area contributed by atoms with Gasteiger partial charge in [0.15, 0.2) is 5.96 Å². The fraction of sp³-hybridized carbons (Fsp3) is 0.867. The summed E-state index contributed by atoms with van der Waals surface area (Å²) in [5, 5.41) is 6.74. The van der Waals surface area contributed by atoms with E-state index in [1.807, 2.05) is 4.90 Å². The third-order valence-electron chi connectivity index (χ3n) is 4.09. The molecule has 122 valence electrons. The minimum atomic E-state index is 0. The standard InChI is InChI=1S/C15H28N4O.HI/c1-2-16-15(18-13-7-3-4-8-13)17-10-9-14(20)19-11-5-6-12-19;/h13H,2-12H2,1H3,(H2,16,17,18);1H. The number of hydrogen-bond donors (Lipinski definition) is 2. The molecule has 5 nitrogen and oxygen atoms in total. The van der Waals surface area contributed by atoms with E-state index in [0.29, 0.717) is 19.0 Å². The number of carbonyl (C=O) groups is 1. The van der Waals surface area contributed by atoms with Crippen molar-refractivity contribution in [2.45, 2.75) is 57.9 Å². The molecule has 1 heterocycles. The van der Waals surface area contributed by atoms with E-state index in [4.69, 9.17) is 0 Å². The van der Waals surface area contributed by atoms with Crippen LogP contribution in [0.25, 0.3) is 0 Å². The molecule has 1 aliphatic heterocycles. The van der Waals surface area contributed by atoms with Gasteiger partial charge in [-0.3, -0.25) is 9.79 Å². The van der Waals surface area contributed by atoms with E-state index in [2.05, 4.69) is 22.5 Å². The molecule has 0 spiro atoms. The second kappa shape index (κ2) is 10.2. The molecule has 2 aliphatic rings. The van der Waals surface area contributed by atoms with Crippen molar-refractivity contribution in [3.63, 3.8) is 0 Å². The topological polar surface area (TPSA) is 56.7 Å². The maximum Gasteiger partial charge on any atom is 0.224 e. The third-order valence-corrected chi connectivity index (χ3v) is 4.09. The summed E-state index contributed by atoms with van der Waals surface area (Å²) < 4.78 is 0. The lowest BCUT2D eigenvalue weighted by molar-refractivity contribution is -0.129. The van der Waals surface area contributed by atoms with Crippen LogP contribution in [0.1, 0.15) is 51.9 Å². The first-order chi connectivity index (χ1) is 9.79. The fourth-order valence-electron chi connectivity index (χ4n) is 2.97. The van der Waals surface area contributed by atoms with Crippen LogP contribution in [0.5, 0.6) is 0 Å². The van der Waals surface area contributed by atoms with Crippen LogP contribution >= 0.6 is 24.0 Å². The second-order valence-corrected chi connectivity index (χ2v) is 5.72. The van der Waals surface area contributed by atoms with E-state index in [9.17, 15) is 4.79 Å². The highest BCUT2D eigenvalue weighted by molar-refractivity contribution is 14.0. The van der Waals surface area contributed by atoms with E-state index in [0.717, 1.165) is 38.4 Å². The number of likely N-dealkylation sites (tertiary alicyclic amines) is 1. The summed E-state index contributed by atoms with van der Waals surface area (Å²) in [5.74, 6) is 1.12. The number of halogens is 1. The lowest BCUT2D eigenvalue weighted by Crippen LogP contribution is -2.42. The van der Waals surface area contributed by atoms with Gasteiger partial charge in [0.2, 0.25) is 5.91 Å². The van der Waals surface area contributed by atoms with Crippen LogP contribution in [0.2, 0.25) is 0 Å². The second-order valence-electron chi connectivity index (χ2n) is 5.72. The summed E-state index contributed by atoms with van der Waals surface area (Å²) in [6.45, 7) is 5.38. The molecule has 6 heteroatoms. The van der Waals surface area contributed by atoms with Crippen LogP contribution in [0.15, 0.2) is 4.99 Å². The normalized spacial score (nSPS) is 19.5. The zero-order valence-corrected chi connectivity index (χ0v) is 15.4. The van der Waals surface area contributed by atoms with Crippen molar-refractivity contribution in [2.24, 2.45) is 4.99 Å². The highest BCUT2D eigenvalue weighted by atomic mass is 127. The first-order valence-electron chi connectivity index (χ1n) is 8.12. The Morgan fingerprint density at radius 1 is 1.19 bits per heavy atom. The molecule has 0 atom stereocenters. The predicted octanol–water partition coefficient (Wildman–Crippen LogP) is 2.11. The number of amides is 1. The minimum absolute atomic E-state index is 0. The first kappa shape index (κ1) is 18.5. The van der Waals surface area contributed by atoms with Gasteiger partial charge in [-0.1, -0.05) is 12.8 Å². The quantitative estimate of drug-likeness (QED) is 0.416. The van der Waals surface area contributed by atoms with E-state index in [1.54, 1.807) is 0 Å². The van der Waals surface area contributed by atoms with Gasteiger partial charge in [-0.2, -0.15) is 0 Å². The molecule has 2 fully saturated rings. The molecule has 0 aromatic rings. The molecular weight excluding hydrogens is 379 g/mol. The highest BCUT2D eigenvalue weighted by Gasteiger charge is 2.18. The largest absolute Gasteiger partial charge is 0.357 e. The number of hydrogen-bond acceptors (Lipinski definition) is 2. The van der Waals surface area contributed by atoms with Crippen molar-refractivity contribution in [2.75, 3.05) is 26.2 Å². The molecule has 0 aromatic heterocycles. The zero-order chi connectivity index (χ0) is 14.2. The number of rotatable bonds is 5. The number of aliphatic imine (C=N–C) groups is 1. The van der Waals surface area contributed by atoms with Crippen LogP contribution in [-0.2, 0) is 4.79 Å². The maximum absolute atomic E-state index is 11.9. The molecule has 0 unspecified atom stereocenters. The van der Waals surface area contributed by atoms with Gasteiger partial charge < -0.3 is 15.5 Å². The molecule has 1 saturated carbocycles. The Morgan fingerprint density at radius 3 is 2.48 bits per heavy atom. The molecule has 0 bridgehead atoms. The van der Waals surface area contributed by atoms with Crippen molar-refractivity contribution >= 4 is 35.8 Å². The Kier molecular flexibility index (Phi) is 9.03. The van der Waals surface area contributed by atoms with Crippen LogP contribution < -0.4 is 10.6 Å².